The molecule has 4 atom stereocenters. The lowest BCUT2D eigenvalue weighted by Crippen LogP contribution is -2.58. The third kappa shape index (κ3) is 1.18. The fraction of sp³-hybridized carbons (Fsp3) is 0.875. The fourth-order valence-electron chi connectivity index (χ4n) is 3.05. The van der Waals surface area contributed by atoms with Crippen LogP contribution in [0.5, 0.6) is 0 Å². The van der Waals surface area contributed by atoms with Gasteiger partial charge in [0.05, 0.1) is 5.62 Å². The van der Waals surface area contributed by atoms with E-state index in [0.717, 1.165) is 0 Å². The number of hydrogen-bond donors (Lipinski definition) is 5. The molecule has 0 aromatic rings. The molecular formula is C8H14BNO5. The number of carboxylic acid groups (broad SMARTS) is 1. The van der Waals surface area contributed by atoms with Crippen LogP contribution in [0.25, 0.3) is 0 Å². The van der Waals surface area contributed by atoms with Crippen molar-refractivity contribution in [3.8, 4) is 0 Å². The highest BCUT2D eigenvalue weighted by molar-refractivity contribution is 6.15. The summed E-state index contributed by atoms with van der Waals surface area (Å²) in [5.41, 5.74) is -2.25. The third-order valence-electron chi connectivity index (χ3n) is 4.01. The van der Waals surface area contributed by atoms with Gasteiger partial charge in [-0.2, -0.15) is 0 Å². The Bertz CT molecular complexity index is 331. The first kappa shape index (κ1) is 10.9. The van der Waals surface area contributed by atoms with Crippen molar-refractivity contribution in [3.63, 3.8) is 0 Å². The van der Waals surface area contributed by atoms with Crippen LogP contribution in [0, 0.1) is 17.3 Å². The van der Waals surface area contributed by atoms with Crippen LogP contribution in [0.3, 0.4) is 0 Å². The van der Waals surface area contributed by atoms with E-state index in [1.165, 1.54) is 7.85 Å². The van der Waals surface area contributed by atoms with Gasteiger partial charge < -0.3 is 20.4 Å². The lowest BCUT2D eigenvalue weighted by molar-refractivity contribution is -0.208. The molecule has 0 bridgehead atoms. The zero-order valence-electron chi connectivity index (χ0n) is 8.56. The molecular weight excluding hydrogens is 201 g/mol. The van der Waals surface area contributed by atoms with Crippen molar-refractivity contribution in [2.75, 3.05) is 0 Å². The van der Waals surface area contributed by atoms with Gasteiger partial charge in [-0.05, 0) is 5.92 Å². The molecule has 15 heavy (non-hydrogen) atoms. The molecule has 7 heteroatoms. The standard InChI is InChI=1S/C8H14BNO5/c1-6-3(2-4(11)12)5(6)7(13,14)10-8(6,9)15/h3,5,10,13-15H,2,9H2,1H3,(H,11,12). The lowest BCUT2D eigenvalue weighted by Gasteiger charge is -2.32. The summed E-state index contributed by atoms with van der Waals surface area (Å²) in [6.07, 6.45) is -0.165. The molecule has 2 aliphatic rings. The van der Waals surface area contributed by atoms with Gasteiger partial charge in [0, 0.05) is 17.8 Å². The highest BCUT2D eigenvalue weighted by Gasteiger charge is 2.81. The van der Waals surface area contributed by atoms with E-state index in [9.17, 15) is 20.1 Å². The Balaban J connectivity index is 2.27. The van der Waals surface area contributed by atoms with E-state index in [1.54, 1.807) is 6.92 Å². The Morgan fingerprint density at radius 1 is 1.47 bits per heavy atom. The molecule has 84 valence electrons. The molecule has 0 radical (unpaired) electrons. The highest BCUT2D eigenvalue weighted by atomic mass is 16.5. The quantitative estimate of drug-likeness (QED) is 0.252. The average Bonchev–Trinajstić information content (AvgIpc) is 2.49. The lowest BCUT2D eigenvalue weighted by atomic mass is 9.76. The van der Waals surface area contributed by atoms with E-state index in [4.69, 9.17) is 5.11 Å². The Hall–Kier alpha value is -0.625. The number of piperidine rings is 1. The summed E-state index contributed by atoms with van der Waals surface area (Å²) in [4.78, 5) is 10.6. The van der Waals surface area contributed by atoms with Crippen LogP contribution in [0.4, 0.5) is 0 Å². The fourth-order valence-corrected chi connectivity index (χ4v) is 3.05. The normalized spacial score (nSPS) is 51.2. The van der Waals surface area contributed by atoms with E-state index >= 15 is 0 Å². The average molecular weight is 215 g/mol. The van der Waals surface area contributed by atoms with Gasteiger partial charge in [0.1, 0.15) is 0 Å². The molecule has 0 aromatic heterocycles. The number of nitrogens with one attached hydrogen (secondary N) is 1. The zero-order chi connectivity index (χ0) is 11.6. The Kier molecular flexibility index (Phi) is 1.84. The predicted octanol–water partition coefficient (Wildman–Crippen LogP) is -2.77. The second kappa shape index (κ2) is 2.54. The Labute approximate surface area is 87.3 Å². The Morgan fingerprint density at radius 3 is 2.33 bits per heavy atom. The first-order valence-electron chi connectivity index (χ1n) is 4.81. The maximum atomic E-state index is 10.6. The molecule has 1 saturated carbocycles. The minimum atomic E-state index is -2.18. The first-order valence-corrected chi connectivity index (χ1v) is 4.81. The van der Waals surface area contributed by atoms with E-state index in [0.29, 0.717) is 0 Å². The molecule has 1 aliphatic heterocycles. The summed E-state index contributed by atoms with van der Waals surface area (Å²) >= 11 is 0. The summed E-state index contributed by atoms with van der Waals surface area (Å²) in [6.45, 7) is 1.66. The summed E-state index contributed by atoms with van der Waals surface area (Å²) < 4.78 is 0. The largest absolute Gasteiger partial charge is 0.481 e. The number of fused-ring (bicyclic) bond motifs is 1. The number of aliphatic hydroxyl groups is 3. The van der Waals surface area contributed by atoms with Crippen molar-refractivity contribution in [2.24, 2.45) is 17.3 Å². The van der Waals surface area contributed by atoms with Gasteiger partial charge in [-0.25, -0.2) is 5.32 Å². The maximum Gasteiger partial charge on any atom is 0.303 e. The van der Waals surface area contributed by atoms with Crippen LogP contribution >= 0.6 is 0 Å². The molecule has 2 fully saturated rings. The zero-order valence-corrected chi connectivity index (χ0v) is 8.56. The molecule has 4 unspecified atom stereocenters. The molecule has 1 aliphatic carbocycles. The molecule has 1 saturated heterocycles. The third-order valence-corrected chi connectivity index (χ3v) is 4.01. The summed E-state index contributed by atoms with van der Waals surface area (Å²) in [5, 5.41) is 40.1. The van der Waals surface area contributed by atoms with Gasteiger partial charge in [0.2, 0.25) is 5.91 Å². The van der Waals surface area contributed by atoms with Crippen molar-refractivity contribution in [2.45, 2.75) is 24.9 Å². The minimum Gasteiger partial charge on any atom is -0.481 e. The Morgan fingerprint density at radius 2 is 2.00 bits per heavy atom. The number of rotatable bonds is 2. The van der Waals surface area contributed by atoms with Gasteiger partial charge in [-0.1, -0.05) is 6.92 Å². The van der Waals surface area contributed by atoms with Crippen LogP contribution in [-0.2, 0) is 4.79 Å². The minimum absolute atomic E-state index is 0.165. The van der Waals surface area contributed by atoms with Crippen molar-refractivity contribution in [1.82, 2.24) is 5.32 Å². The molecule has 5 N–H and O–H groups in total. The van der Waals surface area contributed by atoms with E-state index in [1.807, 2.05) is 0 Å². The van der Waals surface area contributed by atoms with Crippen molar-refractivity contribution in [3.05, 3.63) is 0 Å². The van der Waals surface area contributed by atoms with Crippen LogP contribution < -0.4 is 5.32 Å². The number of aliphatic carboxylic acids is 1. The smallest absolute Gasteiger partial charge is 0.303 e. The van der Waals surface area contributed by atoms with E-state index in [2.05, 4.69) is 5.32 Å². The molecule has 0 amide bonds. The maximum absolute atomic E-state index is 10.6. The highest BCUT2D eigenvalue weighted by Crippen LogP contribution is 2.71. The second-order valence-corrected chi connectivity index (χ2v) is 4.89. The van der Waals surface area contributed by atoms with Gasteiger partial charge >= 0.3 is 5.97 Å². The monoisotopic (exact) mass is 215 g/mol. The second-order valence-electron chi connectivity index (χ2n) is 4.89. The van der Waals surface area contributed by atoms with Crippen LogP contribution in [0.2, 0.25) is 0 Å². The number of carbonyl (C=O) groups is 1. The molecule has 2 rings (SSSR count). The topological polar surface area (TPSA) is 110 Å². The van der Waals surface area contributed by atoms with Crippen molar-refractivity contribution < 1.29 is 25.2 Å². The van der Waals surface area contributed by atoms with Gasteiger partial charge in [0.15, 0.2) is 7.85 Å². The van der Waals surface area contributed by atoms with Crippen LogP contribution in [0.1, 0.15) is 13.3 Å². The molecule has 6 nitrogen and oxygen atoms in total. The summed E-state index contributed by atoms with van der Waals surface area (Å²) in [7, 11) is 1.43. The molecule has 1 heterocycles. The van der Waals surface area contributed by atoms with Crippen molar-refractivity contribution >= 4 is 13.8 Å². The number of carboxylic acids is 1. The molecule has 0 spiro atoms. The van der Waals surface area contributed by atoms with Crippen molar-refractivity contribution in [1.29, 1.82) is 0 Å². The number of hydrogen-bond acceptors (Lipinski definition) is 5. The van der Waals surface area contributed by atoms with Gasteiger partial charge in [-0.15, -0.1) is 0 Å². The SMILES string of the molecule is BC1(O)NC(O)(O)C2C(CC(=O)O)C21C. The van der Waals surface area contributed by atoms with Crippen LogP contribution in [-0.4, -0.2) is 45.8 Å². The summed E-state index contributed by atoms with van der Waals surface area (Å²) in [6, 6.07) is 0. The van der Waals surface area contributed by atoms with E-state index in [-0.39, 0.29) is 6.42 Å². The molecule has 0 aromatic carbocycles. The first-order chi connectivity index (χ1) is 6.63. The predicted molar refractivity (Wildman–Crippen MR) is 51.1 cm³/mol. The summed E-state index contributed by atoms with van der Waals surface area (Å²) in [5.74, 6) is -4.24. The van der Waals surface area contributed by atoms with Gasteiger partial charge in [-0.3, -0.25) is 4.79 Å². The van der Waals surface area contributed by atoms with Crippen LogP contribution in [0.15, 0.2) is 0 Å². The van der Waals surface area contributed by atoms with E-state index < -0.39 is 34.8 Å². The van der Waals surface area contributed by atoms with Gasteiger partial charge in [0.25, 0.3) is 0 Å².